The van der Waals surface area contributed by atoms with Crippen molar-refractivity contribution in [2.75, 3.05) is 18.5 Å². The summed E-state index contributed by atoms with van der Waals surface area (Å²) in [7, 11) is 1.99. The molecule has 0 bridgehead atoms. The molecule has 0 aliphatic carbocycles. The highest BCUT2D eigenvalue weighted by Crippen LogP contribution is 2.29. The van der Waals surface area contributed by atoms with Gasteiger partial charge in [-0.2, -0.15) is 5.26 Å². The van der Waals surface area contributed by atoms with Gasteiger partial charge in [-0.1, -0.05) is 26.8 Å². The van der Waals surface area contributed by atoms with Gasteiger partial charge in [0.25, 0.3) is 0 Å². The third-order valence-electron chi connectivity index (χ3n) is 2.73. The summed E-state index contributed by atoms with van der Waals surface area (Å²) < 4.78 is 0. The zero-order chi connectivity index (χ0) is 13.9. The summed E-state index contributed by atoms with van der Waals surface area (Å²) >= 11 is 0. The molecule has 1 N–H and O–H groups in total. The van der Waals surface area contributed by atoms with Crippen LogP contribution in [0.2, 0.25) is 0 Å². The van der Waals surface area contributed by atoms with Crippen molar-refractivity contribution in [3.8, 4) is 6.07 Å². The van der Waals surface area contributed by atoms with Crippen LogP contribution in [0.15, 0.2) is 18.2 Å². The van der Waals surface area contributed by atoms with E-state index in [4.69, 9.17) is 5.26 Å². The maximum absolute atomic E-state index is 9.81. The van der Waals surface area contributed by atoms with Crippen molar-refractivity contribution in [1.29, 1.82) is 5.26 Å². The van der Waals surface area contributed by atoms with E-state index in [1.165, 1.54) is 0 Å². The zero-order valence-electron chi connectivity index (χ0n) is 11.9. The fourth-order valence-corrected chi connectivity index (χ4v) is 2.09. The van der Waals surface area contributed by atoms with Crippen molar-refractivity contribution >= 4 is 5.69 Å². The van der Waals surface area contributed by atoms with Crippen LogP contribution in [0.4, 0.5) is 5.69 Å². The van der Waals surface area contributed by atoms with Crippen molar-refractivity contribution < 1.29 is 5.11 Å². The van der Waals surface area contributed by atoms with Crippen molar-refractivity contribution in [1.82, 2.24) is 0 Å². The lowest BCUT2D eigenvalue weighted by molar-refractivity contribution is 0.199. The van der Waals surface area contributed by atoms with Crippen molar-refractivity contribution in [3.05, 3.63) is 29.3 Å². The van der Waals surface area contributed by atoms with Crippen molar-refractivity contribution in [3.63, 3.8) is 0 Å². The number of nitrogens with zero attached hydrogens (tertiary/aromatic N) is 2. The first-order valence-corrected chi connectivity index (χ1v) is 6.18. The van der Waals surface area contributed by atoms with Gasteiger partial charge in [0, 0.05) is 24.8 Å². The average molecular weight is 246 g/mol. The van der Waals surface area contributed by atoms with Crippen LogP contribution in [0.25, 0.3) is 0 Å². The second-order valence-corrected chi connectivity index (χ2v) is 5.98. The molecule has 1 atom stereocenters. The van der Waals surface area contributed by atoms with E-state index >= 15 is 0 Å². The molecule has 0 saturated carbocycles. The summed E-state index contributed by atoms with van der Waals surface area (Å²) in [5, 5.41) is 18.8. The van der Waals surface area contributed by atoms with Crippen molar-refractivity contribution in [2.45, 2.75) is 33.8 Å². The lowest BCUT2D eigenvalue weighted by Gasteiger charge is -2.30. The van der Waals surface area contributed by atoms with Gasteiger partial charge in [-0.05, 0) is 24.5 Å². The molecule has 0 radical (unpaired) electrons. The van der Waals surface area contributed by atoms with Gasteiger partial charge in [-0.25, -0.2) is 0 Å². The van der Waals surface area contributed by atoms with E-state index in [2.05, 4.69) is 31.7 Å². The Labute approximate surface area is 110 Å². The van der Waals surface area contributed by atoms with Gasteiger partial charge in [-0.3, -0.25) is 0 Å². The molecular formula is C15H22N2O. The molecule has 0 fully saturated rings. The van der Waals surface area contributed by atoms with Crippen LogP contribution >= 0.6 is 0 Å². The Morgan fingerprint density at radius 1 is 1.39 bits per heavy atom. The SMILES string of the molecule is C[C@@H](O)c1ccc(C#N)cc1N(C)CC(C)(C)C. The smallest absolute Gasteiger partial charge is 0.0992 e. The van der Waals surface area contributed by atoms with Gasteiger partial charge in [0.1, 0.15) is 0 Å². The van der Waals surface area contributed by atoms with E-state index in [0.29, 0.717) is 5.56 Å². The fraction of sp³-hybridized carbons (Fsp3) is 0.533. The Morgan fingerprint density at radius 2 is 2.00 bits per heavy atom. The maximum Gasteiger partial charge on any atom is 0.0992 e. The lowest BCUT2D eigenvalue weighted by Crippen LogP contribution is -2.30. The molecule has 1 aromatic rings. The van der Waals surface area contributed by atoms with E-state index in [0.717, 1.165) is 17.8 Å². The number of hydrogen-bond donors (Lipinski definition) is 1. The minimum Gasteiger partial charge on any atom is -0.389 e. The fourth-order valence-electron chi connectivity index (χ4n) is 2.09. The number of rotatable bonds is 3. The molecule has 0 spiro atoms. The second kappa shape index (κ2) is 5.41. The highest BCUT2D eigenvalue weighted by molar-refractivity contribution is 5.58. The minimum atomic E-state index is -0.532. The standard InChI is InChI=1S/C15H22N2O/c1-11(18)13-7-6-12(9-16)8-14(13)17(5)10-15(2,3)4/h6-8,11,18H,10H2,1-5H3/t11-/m1/s1. The molecule has 0 unspecified atom stereocenters. The second-order valence-electron chi connectivity index (χ2n) is 5.98. The molecule has 98 valence electrons. The Balaban J connectivity index is 3.15. The molecule has 0 aromatic heterocycles. The van der Waals surface area contributed by atoms with Gasteiger partial charge in [0.15, 0.2) is 0 Å². The first-order valence-electron chi connectivity index (χ1n) is 6.18. The number of hydrogen-bond acceptors (Lipinski definition) is 3. The normalized spacial score (nSPS) is 12.9. The summed E-state index contributed by atoms with van der Waals surface area (Å²) in [6.45, 7) is 9.11. The molecule has 1 aromatic carbocycles. The number of aliphatic hydroxyl groups excluding tert-OH is 1. The van der Waals surface area contributed by atoms with Crippen LogP contribution in [0.3, 0.4) is 0 Å². The summed E-state index contributed by atoms with van der Waals surface area (Å²) in [6, 6.07) is 7.56. The van der Waals surface area contributed by atoms with Crippen LogP contribution < -0.4 is 4.90 Å². The first kappa shape index (κ1) is 14.5. The maximum atomic E-state index is 9.81. The monoisotopic (exact) mass is 246 g/mol. The van der Waals surface area contributed by atoms with Crippen LogP contribution in [0, 0.1) is 16.7 Å². The first-order chi connectivity index (χ1) is 8.24. The zero-order valence-corrected chi connectivity index (χ0v) is 11.9. The summed E-state index contributed by atoms with van der Waals surface area (Å²) in [4.78, 5) is 2.10. The Hall–Kier alpha value is -1.53. The Kier molecular flexibility index (Phi) is 4.37. The van der Waals surface area contributed by atoms with Crippen molar-refractivity contribution in [2.24, 2.45) is 5.41 Å². The molecule has 0 aliphatic heterocycles. The largest absolute Gasteiger partial charge is 0.389 e. The third-order valence-corrected chi connectivity index (χ3v) is 2.73. The van der Waals surface area contributed by atoms with Gasteiger partial charge in [0.2, 0.25) is 0 Å². The molecular weight excluding hydrogens is 224 g/mol. The molecule has 0 saturated heterocycles. The number of nitriles is 1. The van der Waals surface area contributed by atoms with E-state index in [-0.39, 0.29) is 5.41 Å². The predicted molar refractivity (Wildman–Crippen MR) is 74.5 cm³/mol. The predicted octanol–water partition coefficient (Wildman–Crippen LogP) is 3.09. The average Bonchev–Trinajstić information content (AvgIpc) is 2.25. The van der Waals surface area contributed by atoms with E-state index in [9.17, 15) is 5.11 Å². The Bertz CT molecular complexity index is 453. The number of aliphatic hydroxyl groups is 1. The van der Waals surface area contributed by atoms with Gasteiger partial charge < -0.3 is 10.0 Å². The molecule has 3 nitrogen and oxygen atoms in total. The van der Waals surface area contributed by atoms with Gasteiger partial charge >= 0.3 is 0 Å². The topological polar surface area (TPSA) is 47.3 Å². The molecule has 0 aliphatic rings. The van der Waals surface area contributed by atoms with Crippen LogP contribution in [0.5, 0.6) is 0 Å². The summed E-state index contributed by atoms with van der Waals surface area (Å²) in [6.07, 6.45) is -0.532. The summed E-state index contributed by atoms with van der Waals surface area (Å²) in [5.41, 5.74) is 2.57. The van der Waals surface area contributed by atoms with Gasteiger partial charge in [-0.15, -0.1) is 0 Å². The van der Waals surface area contributed by atoms with Crippen LogP contribution in [-0.4, -0.2) is 18.7 Å². The lowest BCUT2D eigenvalue weighted by atomic mass is 9.95. The van der Waals surface area contributed by atoms with E-state index < -0.39 is 6.10 Å². The highest BCUT2D eigenvalue weighted by atomic mass is 16.3. The molecule has 0 amide bonds. The van der Waals surface area contributed by atoms with Crippen LogP contribution in [-0.2, 0) is 0 Å². The van der Waals surface area contributed by atoms with Crippen LogP contribution in [0.1, 0.15) is 44.9 Å². The van der Waals surface area contributed by atoms with E-state index in [1.54, 1.807) is 13.0 Å². The molecule has 18 heavy (non-hydrogen) atoms. The van der Waals surface area contributed by atoms with E-state index in [1.807, 2.05) is 19.2 Å². The summed E-state index contributed by atoms with van der Waals surface area (Å²) in [5.74, 6) is 0. The molecule has 1 rings (SSSR count). The highest BCUT2D eigenvalue weighted by Gasteiger charge is 2.18. The number of anilines is 1. The number of benzene rings is 1. The minimum absolute atomic E-state index is 0.160. The molecule has 0 heterocycles. The third kappa shape index (κ3) is 3.75. The van der Waals surface area contributed by atoms with Gasteiger partial charge in [0.05, 0.1) is 17.7 Å². The molecule has 3 heteroatoms. The quantitative estimate of drug-likeness (QED) is 0.891. The Morgan fingerprint density at radius 3 is 2.44 bits per heavy atom.